The molecule has 0 aromatic rings. The first-order valence-electron chi connectivity index (χ1n) is 6.65. The van der Waals surface area contributed by atoms with E-state index in [0.29, 0.717) is 39.6 Å². The Balaban J connectivity index is 4.71. The summed E-state index contributed by atoms with van der Waals surface area (Å²) in [7, 11) is 2.02. The molecule has 0 spiro atoms. The summed E-state index contributed by atoms with van der Waals surface area (Å²) in [6, 6.07) is 0. The largest absolute Gasteiger partial charge is 0.529 e. The maximum absolute atomic E-state index is 5.86. The van der Waals surface area contributed by atoms with E-state index in [4.69, 9.17) is 27.5 Å². The SMILES string of the molecule is COCCO[Si](C=C(C)C)(OCCOC)OCCOC. The summed E-state index contributed by atoms with van der Waals surface area (Å²) in [5.74, 6) is 0. The molecular formula is C13H28O6Si. The van der Waals surface area contributed by atoms with Crippen molar-refractivity contribution in [2.45, 2.75) is 13.8 Å². The number of rotatable bonds is 13. The van der Waals surface area contributed by atoms with Crippen LogP contribution in [0.25, 0.3) is 0 Å². The van der Waals surface area contributed by atoms with Gasteiger partial charge in [0.05, 0.1) is 39.6 Å². The van der Waals surface area contributed by atoms with Crippen LogP contribution in [-0.4, -0.2) is 69.8 Å². The quantitative estimate of drug-likeness (QED) is 0.379. The summed E-state index contributed by atoms with van der Waals surface area (Å²) >= 11 is 0. The zero-order valence-electron chi connectivity index (χ0n) is 13.3. The minimum absolute atomic E-state index is 0.423. The standard InChI is InChI=1S/C13H28O6Si/c1-13(2)12-20(17-9-6-14-3,18-10-7-15-4)19-11-8-16-5/h12H,6-11H2,1-5H3. The van der Waals surface area contributed by atoms with Crippen molar-refractivity contribution in [3.05, 3.63) is 11.3 Å². The first kappa shape index (κ1) is 19.7. The van der Waals surface area contributed by atoms with Crippen molar-refractivity contribution in [2.24, 2.45) is 0 Å². The molecule has 0 saturated heterocycles. The van der Waals surface area contributed by atoms with Gasteiger partial charge in [0.25, 0.3) is 0 Å². The van der Waals surface area contributed by atoms with E-state index < -0.39 is 8.80 Å². The average molecular weight is 308 g/mol. The van der Waals surface area contributed by atoms with Gasteiger partial charge in [0.1, 0.15) is 0 Å². The molecule has 0 bridgehead atoms. The third kappa shape index (κ3) is 9.59. The summed E-state index contributed by atoms with van der Waals surface area (Å²) in [6.45, 7) is 6.72. The van der Waals surface area contributed by atoms with Crippen molar-refractivity contribution >= 4 is 8.80 Å². The topological polar surface area (TPSA) is 55.4 Å². The van der Waals surface area contributed by atoms with E-state index in [1.807, 2.05) is 19.5 Å². The molecule has 0 unspecified atom stereocenters. The molecule has 0 atom stereocenters. The molecule has 0 aromatic carbocycles. The van der Waals surface area contributed by atoms with E-state index in [0.717, 1.165) is 5.57 Å². The number of allylic oxidation sites excluding steroid dienone is 1. The van der Waals surface area contributed by atoms with Crippen LogP contribution in [0.15, 0.2) is 11.3 Å². The third-order valence-corrected chi connectivity index (χ3v) is 4.99. The summed E-state index contributed by atoms with van der Waals surface area (Å²) in [5, 5.41) is 0. The highest BCUT2D eigenvalue weighted by molar-refractivity contribution is 6.66. The minimum atomic E-state index is -2.87. The summed E-state index contributed by atoms with van der Waals surface area (Å²) in [5.41, 5.74) is 3.03. The number of methoxy groups -OCH3 is 3. The van der Waals surface area contributed by atoms with Crippen LogP contribution in [0, 0.1) is 0 Å². The zero-order valence-corrected chi connectivity index (χ0v) is 14.3. The van der Waals surface area contributed by atoms with Crippen molar-refractivity contribution < 1.29 is 27.5 Å². The molecular weight excluding hydrogens is 280 g/mol. The molecule has 0 aliphatic carbocycles. The number of hydrogen-bond donors (Lipinski definition) is 0. The first-order valence-corrected chi connectivity index (χ1v) is 8.45. The first-order chi connectivity index (χ1) is 9.60. The molecule has 0 N–H and O–H groups in total. The van der Waals surface area contributed by atoms with Crippen LogP contribution in [0.2, 0.25) is 0 Å². The maximum Gasteiger partial charge on any atom is 0.529 e. The van der Waals surface area contributed by atoms with Gasteiger partial charge in [-0.25, -0.2) is 0 Å². The van der Waals surface area contributed by atoms with Crippen LogP contribution in [-0.2, 0) is 27.5 Å². The lowest BCUT2D eigenvalue weighted by atomic mass is 10.4. The van der Waals surface area contributed by atoms with Gasteiger partial charge in [0.15, 0.2) is 0 Å². The van der Waals surface area contributed by atoms with Gasteiger partial charge in [-0.05, 0) is 19.5 Å². The van der Waals surface area contributed by atoms with Crippen LogP contribution in [0.4, 0.5) is 0 Å². The predicted molar refractivity (Wildman–Crippen MR) is 78.7 cm³/mol. The Morgan fingerprint density at radius 2 is 1.05 bits per heavy atom. The smallest absolute Gasteiger partial charge is 0.382 e. The normalized spacial score (nSPS) is 11.7. The van der Waals surface area contributed by atoms with Crippen molar-refractivity contribution in [3.63, 3.8) is 0 Å². The fraction of sp³-hybridized carbons (Fsp3) is 0.846. The van der Waals surface area contributed by atoms with Crippen molar-refractivity contribution in [3.8, 4) is 0 Å². The van der Waals surface area contributed by atoms with Gasteiger partial charge in [-0.15, -0.1) is 0 Å². The molecule has 7 heteroatoms. The monoisotopic (exact) mass is 308 g/mol. The van der Waals surface area contributed by atoms with E-state index >= 15 is 0 Å². The fourth-order valence-electron chi connectivity index (χ4n) is 1.41. The lowest BCUT2D eigenvalue weighted by Crippen LogP contribution is -2.46. The average Bonchev–Trinajstić information content (AvgIpc) is 2.39. The van der Waals surface area contributed by atoms with Gasteiger partial charge in [-0.3, -0.25) is 0 Å². The van der Waals surface area contributed by atoms with Crippen LogP contribution < -0.4 is 0 Å². The second kappa shape index (κ2) is 12.5. The Kier molecular flexibility index (Phi) is 12.3. The fourth-order valence-corrected chi connectivity index (χ4v) is 3.72. The van der Waals surface area contributed by atoms with E-state index in [1.54, 1.807) is 21.3 Å². The van der Waals surface area contributed by atoms with Crippen molar-refractivity contribution in [2.75, 3.05) is 61.0 Å². The molecule has 0 fully saturated rings. The third-order valence-electron chi connectivity index (χ3n) is 2.24. The maximum atomic E-state index is 5.86. The molecule has 0 rings (SSSR count). The highest BCUT2D eigenvalue weighted by Crippen LogP contribution is 2.14. The van der Waals surface area contributed by atoms with Crippen molar-refractivity contribution in [1.29, 1.82) is 0 Å². The van der Waals surface area contributed by atoms with Gasteiger partial charge in [0.2, 0.25) is 0 Å². The van der Waals surface area contributed by atoms with Crippen LogP contribution in [0.1, 0.15) is 13.8 Å². The molecule has 20 heavy (non-hydrogen) atoms. The van der Waals surface area contributed by atoms with Crippen molar-refractivity contribution in [1.82, 2.24) is 0 Å². The van der Waals surface area contributed by atoms with E-state index in [2.05, 4.69) is 0 Å². The Bertz CT molecular complexity index is 229. The highest BCUT2D eigenvalue weighted by atomic mass is 28.4. The second-order valence-corrected chi connectivity index (χ2v) is 6.71. The highest BCUT2D eigenvalue weighted by Gasteiger charge is 2.39. The van der Waals surface area contributed by atoms with E-state index in [-0.39, 0.29) is 0 Å². The Labute approximate surface area is 123 Å². The lowest BCUT2D eigenvalue weighted by Gasteiger charge is -2.27. The Hall–Kier alpha value is -0.283. The van der Waals surface area contributed by atoms with Gasteiger partial charge in [-0.2, -0.15) is 0 Å². The predicted octanol–water partition coefficient (Wildman–Crippen LogP) is 1.42. The minimum Gasteiger partial charge on any atom is -0.382 e. The molecule has 0 saturated carbocycles. The molecule has 0 aliphatic heterocycles. The molecule has 0 aromatic heterocycles. The molecule has 6 nitrogen and oxygen atoms in total. The lowest BCUT2D eigenvalue weighted by molar-refractivity contribution is 0.0230. The summed E-state index contributed by atoms with van der Waals surface area (Å²) in [6.07, 6.45) is 0. The van der Waals surface area contributed by atoms with Crippen LogP contribution in [0.3, 0.4) is 0 Å². The molecule has 0 aliphatic rings. The Morgan fingerprint density at radius 3 is 1.30 bits per heavy atom. The molecule has 0 radical (unpaired) electrons. The van der Waals surface area contributed by atoms with Gasteiger partial charge in [0, 0.05) is 21.3 Å². The van der Waals surface area contributed by atoms with E-state index in [9.17, 15) is 0 Å². The van der Waals surface area contributed by atoms with Crippen LogP contribution in [0.5, 0.6) is 0 Å². The van der Waals surface area contributed by atoms with Gasteiger partial charge >= 0.3 is 8.80 Å². The van der Waals surface area contributed by atoms with E-state index in [1.165, 1.54) is 0 Å². The number of hydrogen-bond acceptors (Lipinski definition) is 6. The van der Waals surface area contributed by atoms with Gasteiger partial charge < -0.3 is 27.5 Å². The second-order valence-electron chi connectivity index (χ2n) is 4.35. The van der Waals surface area contributed by atoms with Crippen LogP contribution >= 0.6 is 0 Å². The molecule has 0 amide bonds. The summed E-state index contributed by atoms with van der Waals surface area (Å²) in [4.78, 5) is 0. The Morgan fingerprint density at radius 1 is 0.700 bits per heavy atom. The molecule has 0 heterocycles. The number of ether oxygens (including phenoxy) is 3. The van der Waals surface area contributed by atoms with Gasteiger partial charge in [-0.1, -0.05) is 5.57 Å². The zero-order chi connectivity index (χ0) is 15.3. The summed E-state index contributed by atoms with van der Waals surface area (Å²) < 4.78 is 32.6. The molecule has 120 valence electrons.